The molecule has 0 aromatic carbocycles. The van der Waals surface area contributed by atoms with Crippen molar-refractivity contribution < 1.29 is 8.42 Å². The Hall–Kier alpha value is -0.390. The maximum atomic E-state index is 11.4. The van der Waals surface area contributed by atoms with Crippen LogP contribution in [0.2, 0.25) is 0 Å². The first-order chi connectivity index (χ1) is 7.52. The summed E-state index contributed by atoms with van der Waals surface area (Å²) in [4.78, 5) is 2.34. The molecule has 0 amide bonds. The molecule has 0 radical (unpaired) electrons. The van der Waals surface area contributed by atoms with Gasteiger partial charge < -0.3 is 5.32 Å². The van der Waals surface area contributed by atoms with Crippen molar-refractivity contribution in [1.29, 1.82) is 0 Å². The molecule has 5 heteroatoms. The standard InChI is InChI=1S/C11H20N2O2S/c1-3-10-6-12-9(2)7-13(10)11-4-5-16(14,15)8-11/h4-5,9-12H,3,6-8H2,1-2H3. The monoisotopic (exact) mass is 244 g/mol. The molecule has 2 aliphatic heterocycles. The van der Waals surface area contributed by atoms with Gasteiger partial charge in [0.15, 0.2) is 9.84 Å². The van der Waals surface area contributed by atoms with Gasteiger partial charge >= 0.3 is 0 Å². The molecule has 2 heterocycles. The Balaban J connectivity index is 2.09. The molecule has 1 fully saturated rings. The van der Waals surface area contributed by atoms with Crippen LogP contribution in [0.5, 0.6) is 0 Å². The van der Waals surface area contributed by atoms with Gasteiger partial charge in [-0.3, -0.25) is 4.90 Å². The van der Waals surface area contributed by atoms with E-state index in [0.717, 1.165) is 19.5 Å². The van der Waals surface area contributed by atoms with Crippen molar-refractivity contribution in [2.45, 2.75) is 38.4 Å². The van der Waals surface area contributed by atoms with Gasteiger partial charge in [0.1, 0.15) is 0 Å². The van der Waals surface area contributed by atoms with E-state index >= 15 is 0 Å². The molecule has 0 spiro atoms. The van der Waals surface area contributed by atoms with Gasteiger partial charge in [0, 0.05) is 36.6 Å². The predicted molar refractivity (Wildman–Crippen MR) is 65.0 cm³/mol. The molecule has 3 atom stereocenters. The number of hydrogen-bond acceptors (Lipinski definition) is 4. The Kier molecular flexibility index (Phi) is 3.37. The fourth-order valence-corrected chi connectivity index (χ4v) is 3.85. The molecule has 3 unspecified atom stereocenters. The molecule has 92 valence electrons. The highest BCUT2D eigenvalue weighted by atomic mass is 32.2. The molecule has 2 rings (SSSR count). The lowest BCUT2D eigenvalue weighted by atomic mass is 10.0. The first kappa shape index (κ1) is 12.1. The Bertz CT molecular complexity index is 377. The fourth-order valence-electron chi connectivity index (χ4n) is 2.54. The van der Waals surface area contributed by atoms with Gasteiger partial charge in [-0.05, 0) is 13.3 Å². The van der Waals surface area contributed by atoms with Gasteiger partial charge in [-0.1, -0.05) is 13.0 Å². The van der Waals surface area contributed by atoms with E-state index in [0.29, 0.717) is 12.1 Å². The summed E-state index contributed by atoms with van der Waals surface area (Å²) in [6.45, 7) is 6.19. The Labute approximate surface area is 97.6 Å². The Morgan fingerprint density at radius 3 is 2.81 bits per heavy atom. The van der Waals surface area contributed by atoms with Gasteiger partial charge in [0.2, 0.25) is 0 Å². The van der Waals surface area contributed by atoms with Crippen LogP contribution < -0.4 is 5.32 Å². The van der Waals surface area contributed by atoms with E-state index in [-0.39, 0.29) is 11.8 Å². The van der Waals surface area contributed by atoms with Gasteiger partial charge in [0.05, 0.1) is 5.75 Å². The molecule has 1 N–H and O–H groups in total. The number of piperazine rings is 1. The van der Waals surface area contributed by atoms with Crippen LogP contribution in [0.15, 0.2) is 11.5 Å². The molecule has 0 aromatic rings. The van der Waals surface area contributed by atoms with Gasteiger partial charge in [0.25, 0.3) is 0 Å². The zero-order valence-electron chi connectivity index (χ0n) is 9.89. The average molecular weight is 244 g/mol. The van der Waals surface area contributed by atoms with Gasteiger partial charge in [-0.2, -0.15) is 0 Å². The second kappa shape index (κ2) is 4.47. The van der Waals surface area contributed by atoms with E-state index < -0.39 is 9.84 Å². The van der Waals surface area contributed by atoms with Crippen LogP contribution >= 0.6 is 0 Å². The molecule has 0 aliphatic carbocycles. The molecule has 0 saturated carbocycles. The van der Waals surface area contributed by atoms with Crippen LogP contribution in [0.4, 0.5) is 0 Å². The third kappa shape index (κ3) is 2.47. The van der Waals surface area contributed by atoms with Crippen LogP contribution in [0.25, 0.3) is 0 Å². The molecular weight excluding hydrogens is 224 g/mol. The summed E-state index contributed by atoms with van der Waals surface area (Å²) in [5, 5.41) is 4.81. The van der Waals surface area contributed by atoms with E-state index in [9.17, 15) is 8.42 Å². The summed E-state index contributed by atoms with van der Waals surface area (Å²) in [7, 11) is -2.94. The summed E-state index contributed by atoms with van der Waals surface area (Å²) in [6, 6.07) is 0.984. The Morgan fingerprint density at radius 2 is 2.25 bits per heavy atom. The van der Waals surface area contributed by atoms with Crippen molar-refractivity contribution in [3.8, 4) is 0 Å². The van der Waals surface area contributed by atoms with Crippen molar-refractivity contribution in [3.05, 3.63) is 11.5 Å². The molecular formula is C11H20N2O2S. The van der Waals surface area contributed by atoms with Crippen molar-refractivity contribution in [2.75, 3.05) is 18.8 Å². The molecule has 16 heavy (non-hydrogen) atoms. The van der Waals surface area contributed by atoms with E-state index in [4.69, 9.17) is 0 Å². The maximum Gasteiger partial charge on any atom is 0.173 e. The summed E-state index contributed by atoms with van der Waals surface area (Å²) in [5.41, 5.74) is 0. The summed E-state index contributed by atoms with van der Waals surface area (Å²) in [5.74, 6) is 0.260. The van der Waals surface area contributed by atoms with E-state index in [2.05, 4.69) is 24.1 Å². The lowest BCUT2D eigenvalue weighted by Gasteiger charge is -2.41. The minimum atomic E-state index is -2.94. The van der Waals surface area contributed by atoms with Gasteiger partial charge in [-0.25, -0.2) is 8.42 Å². The number of rotatable bonds is 2. The quantitative estimate of drug-likeness (QED) is 0.762. The fraction of sp³-hybridized carbons (Fsp3) is 0.818. The third-order valence-electron chi connectivity index (χ3n) is 3.46. The van der Waals surface area contributed by atoms with Crippen molar-refractivity contribution in [2.24, 2.45) is 0 Å². The maximum absolute atomic E-state index is 11.4. The second-order valence-electron chi connectivity index (χ2n) is 4.79. The highest BCUT2D eigenvalue weighted by molar-refractivity contribution is 7.94. The average Bonchev–Trinajstić information content (AvgIpc) is 2.59. The normalized spacial score (nSPS) is 39.0. The van der Waals surface area contributed by atoms with Crippen molar-refractivity contribution in [3.63, 3.8) is 0 Å². The summed E-state index contributed by atoms with van der Waals surface area (Å²) in [6.07, 6.45) is 2.90. The van der Waals surface area contributed by atoms with E-state index in [1.165, 1.54) is 5.41 Å². The third-order valence-corrected chi connectivity index (χ3v) is 4.84. The zero-order valence-corrected chi connectivity index (χ0v) is 10.7. The smallest absolute Gasteiger partial charge is 0.173 e. The number of sulfone groups is 1. The second-order valence-corrected chi connectivity index (χ2v) is 6.72. The number of nitrogens with zero attached hydrogens (tertiary/aromatic N) is 1. The number of nitrogens with one attached hydrogen (secondary N) is 1. The van der Waals surface area contributed by atoms with Crippen LogP contribution in [0.3, 0.4) is 0 Å². The molecule has 0 bridgehead atoms. The summed E-state index contributed by atoms with van der Waals surface area (Å²) < 4.78 is 22.9. The minimum Gasteiger partial charge on any atom is -0.311 e. The summed E-state index contributed by atoms with van der Waals surface area (Å²) >= 11 is 0. The SMILES string of the molecule is CCC1CNC(C)CN1C1C=CS(=O)(=O)C1. The lowest BCUT2D eigenvalue weighted by Crippen LogP contribution is -2.58. The number of hydrogen-bond donors (Lipinski definition) is 1. The topological polar surface area (TPSA) is 49.4 Å². The van der Waals surface area contributed by atoms with Crippen LogP contribution in [0.1, 0.15) is 20.3 Å². The van der Waals surface area contributed by atoms with Crippen molar-refractivity contribution in [1.82, 2.24) is 10.2 Å². The molecule has 2 aliphatic rings. The molecule has 4 nitrogen and oxygen atoms in total. The van der Waals surface area contributed by atoms with Gasteiger partial charge in [-0.15, -0.1) is 0 Å². The van der Waals surface area contributed by atoms with E-state index in [1.807, 2.05) is 6.08 Å². The highest BCUT2D eigenvalue weighted by Crippen LogP contribution is 2.20. The largest absolute Gasteiger partial charge is 0.311 e. The first-order valence-electron chi connectivity index (χ1n) is 5.92. The lowest BCUT2D eigenvalue weighted by molar-refractivity contribution is 0.112. The first-order valence-corrected chi connectivity index (χ1v) is 7.63. The Morgan fingerprint density at radius 1 is 1.50 bits per heavy atom. The van der Waals surface area contributed by atoms with Crippen LogP contribution in [-0.2, 0) is 9.84 Å². The highest BCUT2D eigenvalue weighted by Gasteiger charge is 2.33. The minimum absolute atomic E-state index is 0.0829. The van der Waals surface area contributed by atoms with Crippen LogP contribution in [-0.4, -0.2) is 50.3 Å². The molecule has 1 saturated heterocycles. The predicted octanol–water partition coefficient (Wildman–Crippen LogP) is 0.369. The molecule has 0 aromatic heterocycles. The van der Waals surface area contributed by atoms with Crippen LogP contribution in [0, 0.1) is 0 Å². The van der Waals surface area contributed by atoms with E-state index in [1.54, 1.807) is 0 Å². The van der Waals surface area contributed by atoms with Crippen molar-refractivity contribution >= 4 is 9.84 Å². The zero-order chi connectivity index (χ0) is 11.8.